The van der Waals surface area contributed by atoms with E-state index in [2.05, 4.69) is 9.97 Å². The van der Waals surface area contributed by atoms with Crippen molar-refractivity contribution in [3.8, 4) is 11.5 Å². The summed E-state index contributed by atoms with van der Waals surface area (Å²) >= 11 is 1.37. The highest BCUT2D eigenvalue weighted by Crippen LogP contribution is 2.39. The van der Waals surface area contributed by atoms with Gasteiger partial charge in [-0.05, 0) is 29.8 Å². The van der Waals surface area contributed by atoms with Crippen LogP contribution in [0.4, 0.5) is 9.52 Å². The molecule has 0 unspecified atom stereocenters. The number of fused-ring (bicyclic) bond motifs is 2. The van der Waals surface area contributed by atoms with E-state index in [0.717, 1.165) is 10.3 Å². The number of benzene rings is 2. The van der Waals surface area contributed by atoms with E-state index >= 15 is 0 Å². The second kappa shape index (κ2) is 7.72. The molecule has 0 bridgehead atoms. The standard InChI is InChI=1S/C22H16FN3O3S/c23-16-5-1-4-15(9-16)21(27)26(13-14-3-2-6-24-12-14)22-25-17-10-18-19(11-20(17)30-22)29-8-7-28-18/h1-6,9-12H,7-8,13H2. The lowest BCUT2D eigenvalue weighted by molar-refractivity contribution is 0.0984. The zero-order valence-electron chi connectivity index (χ0n) is 15.7. The number of anilines is 1. The van der Waals surface area contributed by atoms with Gasteiger partial charge in [-0.15, -0.1) is 0 Å². The van der Waals surface area contributed by atoms with Gasteiger partial charge in [-0.2, -0.15) is 0 Å². The molecule has 0 spiro atoms. The molecule has 2 aromatic carbocycles. The Balaban J connectivity index is 1.57. The minimum Gasteiger partial charge on any atom is -0.486 e. The van der Waals surface area contributed by atoms with Crippen molar-refractivity contribution >= 4 is 32.6 Å². The maximum atomic E-state index is 13.7. The van der Waals surface area contributed by atoms with Crippen molar-refractivity contribution in [2.24, 2.45) is 0 Å². The van der Waals surface area contributed by atoms with Crippen molar-refractivity contribution < 1.29 is 18.7 Å². The minimum atomic E-state index is -0.464. The van der Waals surface area contributed by atoms with Crippen LogP contribution in [0, 0.1) is 5.82 Å². The Morgan fingerprint density at radius 2 is 1.93 bits per heavy atom. The van der Waals surface area contributed by atoms with E-state index in [9.17, 15) is 9.18 Å². The molecule has 0 radical (unpaired) electrons. The summed E-state index contributed by atoms with van der Waals surface area (Å²) in [7, 11) is 0. The highest BCUT2D eigenvalue weighted by Gasteiger charge is 2.23. The van der Waals surface area contributed by atoms with Crippen LogP contribution in [0.5, 0.6) is 11.5 Å². The maximum absolute atomic E-state index is 13.7. The highest BCUT2D eigenvalue weighted by atomic mass is 32.1. The van der Waals surface area contributed by atoms with Crippen LogP contribution < -0.4 is 14.4 Å². The van der Waals surface area contributed by atoms with Gasteiger partial charge in [0.2, 0.25) is 0 Å². The second-order valence-electron chi connectivity index (χ2n) is 6.72. The van der Waals surface area contributed by atoms with Crippen molar-refractivity contribution in [1.29, 1.82) is 0 Å². The fourth-order valence-corrected chi connectivity index (χ4v) is 4.22. The van der Waals surface area contributed by atoms with Crippen molar-refractivity contribution in [2.45, 2.75) is 6.54 Å². The Hall–Kier alpha value is -3.52. The van der Waals surface area contributed by atoms with E-state index in [0.29, 0.717) is 35.4 Å². The number of pyridine rings is 1. The van der Waals surface area contributed by atoms with Gasteiger partial charge in [-0.25, -0.2) is 9.37 Å². The van der Waals surface area contributed by atoms with E-state index in [1.54, 1.807) is 24.5 Å². The van der Waals surface area contributed by atoms with E-state index in [1.807, 2.05) is 18.2 Å². The van der Waals surface area contributed by atoms with Gasteiger partial charge in [-0.1, -0.05) is 23.5 Å². The first-order chi connectivity index (χ1) is 14.7. The second-order valence-corrected chi connectivity index (χ2v) is 7.73. The van der Waals surface area contributed by atoms with Crippen LogP contribution >= 0.6 is 11.3 Å². The monoisotopic (exact) mass is 421 g/mol. The van der Waals surface area contributed by atoms with Crippen LogP contribution in [0.2, 0.25) is 0 Å². The van der Waals surface area contributed by atoms with E-state index in [-0.39, 0.29) is 18.0 Å². The van der Waals surface area contributed by atoms with Gasteiger partial charge in [0.25, 0.3) is 5.91 Å². The number of carbonyl (C=O) groups excluding carboxylic acids is 1. The summed E-state index contributed by atoms with van der Waals surface area (Å²) < 4.78 is 25.9. The molecule has 0 fully saturated rings. The molecule has 150 valence electrons. The SMILES string of the molecule is O=C(c1cccc(F)c1)N(Cc1cccnc1)c1nc2cc3c(cc2s1)OCCO3. The summed E-state index contributed by atoms with van der Waals surface area (Å²) in [6, 6.07) is 13.0. The quantitative estimate of drug-likeness (QED) is 0.487. The Kier molecular flexibility index (Phi) is 4.76. The van der Waals surface area contributed by atoms with E-state index in [1.165, 1.54) is 34.4 Å². The van der Waals surface area contributed by atoms with Crippen LogP contribution in [-0.4, -0.2) is 29.1 Å². The molecule has 0 saturated carbocycles. The van der Waals surface area contributed by atoms with Crippen molar-refractivity contribution in [3.05, 3.63) is 77.9 Å². The molecule has 30 heavy (non-hydrogen) atoms. The average Bonchev–Trinajstić information content (AvgIpc) is 3.18. The summed E-state index contributed by atoms with van der Waals surface area (Å²) in [5.74, 6) is 0.503. The largest absolute Gasteiger partial charge is 0.486 e. The number of thiazole rings is 1. The summed E-state index contributed by atoms with van der Waals surface area (Å²) in [5, 5.41) is 0.505. The van der Waals surface area contributed by atoms with Gasteiger partial charge >= 0.3 is 0 Å². The van der Waals surface area contributed by atoms with Gasteiger partial charge < -0.3 is 9.47 Å². The van der Waals surface area contributed by atoms with Gasteiger partial charge in [-0.3, -0.25) is 14.7 Å². The first-order valence-corrected chi connectivity index (χ1v) is 10.2. The first kappa shape index (κ1) is 18.5. The summed E-state index contributed by atoms with van der Waals surface area (Å²) in [6.07, 6.45) is 3.37. The molecular formula is C22H16FN3O3S. The van der Waals surface area contributed by atoms with Crippen LogP contribution in [-0.2, 0) is 6.54 Å². The summed E-state index contributed by atoms with van der Waals surface area (Å²) in [6.45, 7) is 1.24. The lowest BCUT2D eigenvalue weighted by Gasteiger charge is -2.20. The molecule has 0 aliphatic carbocycles. The van der Waals surface area contributed by atoms with Gasteiger partial charge in [0.15, 0.2) is 16.6 Å². The van der Waals surface area contributed by atoms with Crippen molar-refractivity contribution in [2.75, 3.05) is 18.1 Å². The number of hydrogen-bond acceptors (Lipinski definition) is 6. The van der Waals surface area contributed by atoms with Crippen LogP contribution in [0.3, 0.4) is 0 Å². The number of amides is 1. The van der Waals surface area contributed by atoms with Crippen LogP contribution in [0.1, 0.15) is 15.9 Å². The third-order valence-electron chi connectivity index (χ3n) is 4.65. The third-order valence-corrected chi connectivity index (χ3v) is 5.69. The summed E-state index contributed by atoms with van der Waals surface area (Å²) in [5.41, 5.74) is 1.80. The Morgan fingerprint density at radius 3 is 2.70 bits per heavy atom. The molecule has 0 saturated heterocycles. The number of carbonyl (C=O) groups is 1. The van der Waals surface area contributed by atoms with E-state index < -0.39 is 5.82 Å². The molecular weight excluding hydrogens is 405 g/mol. The normalized spacial score (nSPS) is 12.7. The number of ether oxygens (including phenoxy) is 2. The molecule has 0 N–H and O–H groups in total. The number of halogens is 1. The van der Waals surface area contributed by atoms with Gasteiger partial charge in [0.05, 0.1) is 16.8 Å². The highest BCUT2D eigenvalue weighted by molar-refractivity contribution is 7.22. The Labute approximate surface area is 175 Å². The molecule has 5 rings (SSSR count). The fourth-order valence-electron chi connectivity index (χ4n) is 3.25. The third kappa shape index (κ3) is 3.57. The van der Waals surface area contributed by atoms with Gasteiger partial charge in [0, 0.05) is 30.1 Å². The molecule has 3 heterocycles. The Bertz CT molecular complexity index is 1190. The predicted molar refractivity (Wildman–Crippen MR) is 112 cm³/mol. The number of nitrogens with zero attached hydrogens (tertiary/aromatic N) is 3. The van der Waals surface area contributed by atoms with E-state index in [4.69, 9.17) is 9.47 Å². The lowest BCUT2D eigenvalue weighted by Crippen LogP contribution is -2.30. The summed E-state index contributed by atoms with van der Waals surface area (Å²) in [4.78, 5) is 23.6. The molecule has 4 aromatic rings. The molecule has 0 atom stereocenters. The smallest absolute Gasteiger partial charge is 0.260 e. The Morgan fingerprint density at radius 1 is 1.10 bits per heavy atom. The van der Waals surface area contributed by atoms with Gasteiger partial charge in [0.1, 0.15) is 19.0 Å². The molecule has 8 heteroatoms. The average molecular weight is 421 g/mol. The zero-order chi connectivity index (χ0) is 20.5. The topological polar surface area (TPSA) is 64.6 Å². The van der Waals surface area contributed by atoms with Crippen molar-refractivity contribution in [1.82, 2.24) is 9.97 Å². The number of hydrogen-bond donors (Lipinski definition) is 0. The van der Waals surface area contributed by atoms with Crippen LogP contribution in [0.15, 0.2) is 60.9 Å². The molecule has 1 aliphatic rings. The number of rotatable bonds is 4. The van der Waals surface area contributed by atoms with Crippen molar-refractivity contribution in [3.63, 3.8) is 0 Å². The molecule has 1 aliphatic heterocycles. The molecule has 6 nitrogen and oxygen atoms in total. The van der Waals surface area contributed by atoms with Crippen LogP contribution in [0.25, 0.3) is 10.2 Å². The zero-order valence-corrected chi connectivity index (χ0v) is 16.6. The first-order valence-electron chi connectivity index (χ1n) is 9.34. The maximum Gasteiger partial charge on any atom is 0.260 e. The molecule has 1 amide bonds. The molecule has 2 aromatic heterocycles. The predicted octanol–water partition coefficient (Wildman–Crippen LogP) is 4.45. The number of aromatic nitrogens is 2. The lowest BCUT2D eigenvalue weighted by atomic mass is 10.2. The minimum absolute atomic E-state index is 0.254. The fraction of sp³-hybridized carbons (Fsp3) is 0.136.